The van der Waals surface area contributed by atoms with E-state index in [-0.39, 0.29) is 0 Å². The van der Waals surface area contributed by atoms with Crippen molar-refractivity contribution in [1.82, 2.24) is 9.97 Å². The Labute approximate surface area is 152 Å². The second-order valence-electron chi connectivity index (χ2n) is 6.21. The SMILES string of the molecule is Cc1cc(Cl)ccc1Nc1ccnc(N2CCCc3ccccc32)n1. The normalized spacial score (nSPS) is 13.4. The van der Waals surface area contributed by atoms with Crippen molar-refractivity contribution in [1.29, 1.82) is 0 Å². The molecule has 1 aliphatic rings. The van der Waals surface area contributed by atoms with Crippen LogP contribution in [0.4, 0.5) is 23.1 Å². The summed E-state index contributed by atoms with van der Waals surface area (Å²) in [5.41, 5.74) is 4.63. The molecule has 1 N–H and O–H groups in total. The van der Waals surface area contributed by atoms with Gasteiger partial charge in [0.25, 0.3) is 0 Å². The van der Waals surface area contributed by atoms with Crippen LogP contribution in [0.25, 0.3) is 0 Å². The van der Waals surface area contributed by atoms with Crippen molar-refractivity contribution in [2.75, 3.05) is 16.8 Å². The van der Waals surface area contributed by atoms with Crippen molar-refractivity contribution in [3.63, 3.8) is 0 Å². The van der Waals surface area contributed by atoms with Crippen LogP contribution < -0.4 is 10.2 Å². The number of aromatic nitrogens is 2. The van der Waals surface area contributed by atoms with Gasteiger partial charge in [0.15, 0.2) is 0 Å². The van der Waals surface area contributed by atoms with Crippen molar-refractivity contribution in [2.24, 2.45) is 0 Å². The molecule has 0 unspecified atom stereocenters. The lowest BCUT2D eigenvalue weighted by Gasteiger charge is -2.29. The molecule has 25 heavy (non-hydrogen) atoms. The lowest BCUT2D eigenvalue weighted by Crippen LogP contribution is -2.26. The van der Waals surface area contributed by atoms with E-state index in [1.54, 1.807) is 6.20 Å². The summed E-state index contributed by atoms with van der Waals surface area (Å²) in [5.74, 6) is 1.50. The van der Waals surface area contributed by atoms with E-state index in [2.05, 4.69) is 39.5 Å². The van der Waals surface area contributed by atoms with Crippen LogP contribution in [0.3, 0.4) is 0 Å². The Morgan fingerprint density at radius 2 is 2.00 bits per heavy atom. The van der Waals surface area contributed by atoms with E-state index >= 15 is 0 Å². The van der Waals surface area contributed by atoms with Gasteiger partial charge < -0.3 is 10.2 Å². The highest BCUT2D eigenvalue weighted by atomic mass is 35.5. The third kappa shape index (κ3) is 3.30. The summed E-state index contributed by atoms with van der Waals surface area (Å²) in [7, 11) is 0. The van der Waals surface area contributed by atoms with Gasteiger partial charge >= 0.3 is 0 Å². The minimum atomic E-state index is 0.726. The highest BCUT2D eigenvalue weighted by Gasteiger charge is 2.19. The lowest BCUT2D eigenvalue weighted by atomic mass is 10.0. The first-order valence-electron chi connectivity index (χ1n) is 8.42. The molecule has 126 valence electrons. The molecule has 1 aromatic heterocycles. The van der Waals surface area contributed by atoms with Crippen LogP contribution in [0, 0.1) is 6.92 Å². The van der Waals surface area contributed by atoms with E-state index in [4.69, 9.17) is 16.6 Å². The number of anilines is 4. The third-order valence-corrected chi connectivity index (χ3v) is 4.68. The van der Waals surface area contributed by atoms with Gasteiger partial charge in [-0.3, -0.25) is 0 Å². The topological polar surface area (TPSA) is 41.1 Å². The average Bonchev–Trinajstić information content (AvgIpc) is 2.64. The molecule has 2 heterocycles. The Balaban J connectivity index is 1.64. The van der Waals surface area contributed by atoms with Crippen LogP contribution in [0.1, 0.15) is 17.5 Å². The highest BCUT2D eigenvalue weighted by molar-refractivity contribution is 6.30. The first-order chi connectivity index (χ1) is 12.2. The maximum Gasteiger partial charge on any atom is 0.231 e. The number of nitrogens with one attached hydrogen (secondary N) is 1. The van der Waals surface area contributed by atoms with Gasteiger partial charge in [0.2, 0.25) is 5.95 Å². The molecule has 2 aromatic carbocycles. The number of nitrogens with zero attached hydrogens (tertiary/aromatic N) is 3. The van der Waals surface area contributed by atoms with Crippen molar-refractivity contribution < 1.29 is 0 Å². The van der Waals surface area contributed by atoms with Gasteiger partial charge in [0.05, 0.1) is 0 Å². The monoisotopic (exact) mass is 350 g/mol. The molecular weight excluding hydrogens is 332 g/mol. The Morgan fingerprint density at radius 3 is 2.88 bits per heavy atom. The quantitative estimate of drug-likeness (QED) is 0.699. The fraction of sp³-hybridized carbons (Fsp3) is 0.200. The number of fused-ring (bicyclic) bond motifs is 1. The zero-order valence-corrected chi connectivity index (χ0v) is 14.8. The van der Waals surface area contributed by atoms with Gasteiger partial charge in [-0.15, -0.1) is 0 Å². The number of para-hydroxylation sites is 1. The summed E-state index contributed by atoms with van der Waals surface area (Å²) in [6.07, 6.45) is 4.01. The number of benzene rings is 2. The Bertz CT molecular complexity index is 910. The largest absolute Gasteiger partial charge is 0.340 e. The van der Waals surface area contributed by atoms with Crippen molar-refractivity contribution >= 4 is 34.7 Å². The second kappa shape index (κ2) is 6.73. The van der Waals surface area contributed by atoms with E-state index in [9.17, 15) is 0 Å². The van der Waals surface area contributed by atoms with Gasteiger partial charge in [-0.1, -0.05) is 29.8 Å². The van der Waals surface area contributed by atoms with Gasteiger partial charge in [-0.25, -0.2) is 4.98 Å². The number of hydrogen-bond acceptors (Lipinski definition) is 4. The average molecular weight is 351 g/mol. The molecule has 1 aliphatic heterocycles. The molecule has 0 fully saturated rings. The van der Waals surface area contributed by atoms with Crippen LogP contribution in [0.5, 0.6) is 0 Å². The Hall–Kier alpha value is -2.59. The van der Waals surface area contributed by atoms with Crippen LogP contribution in [0.15, 0.2) is 54.7 Å². The summed E-state index contributed by atoms with van der Waals surface area (Å²) in [4.78, 5) is 11.4. The summed E-state index contributed by atoms with van der Waals surface area (Å²) < 4.78 is 0. The zero-order chi connectivity index (χ0) is 17.2. The van der Waals surface area contributed by atoms with E-state index in [0.29, 0.717) is 0 Å². The number of hydrogen-bond donors (Lipinski definition) is 1. The molecule has 5 heteroatoms. The van der Waals surface area contributed by atoms with Crippen molar-refractivity contribution in [3.8, 4) is 0 Å². The van der Waals surface area contributed by atoms with Gasteiger partial charge in [-0.2, -0.15) is 4.98 Å². The Kier molecular flexibility index (Phi) is 4.28. The van der Waals surface area contributed by atoms with E-state index in [1.165, 1.54) is 11.3 Å². The van der Waals surface area contributed by atoms with Crippen LogP contribution in [0.2, 0.25) is 5.02 Å². The van der Waals surface area contributed by atoms with E-state index in [1.807, 2.05) is 31.2 Å². The molecule has 0 saturated heterocycles. The van der Waals surface area contributed by atoms with Gasteiger partial charge in [0, 0.05) is 29.1 Å². The third-order valence-electron chi connectivity index (χ3n) is 4.45. The molecule has 0 atom stereocenters. The summed E-state index contributed by atoms with van der Waals surface area (Å²) in [6, 6.07) is 16.1. The number of rotatable bonds is 3. The molecule has 4 rings (SSSR count). The van der Waals surface area contributed by atoms with Crippen molar-refractivity contribution in [3.05, 3.63) is 70.9 Å². The molecule has 0 aliphatic carbocycles. The lowest BCUT2D eigenvalue weighted by molar-refractivity contribution is 0.751. The fourth-order valence-electron chi connectivity index (χ4n) is 3.19. The summed E-state index contributed by atoms with van der Waals surface area (Å²) >= 11 is 6.03. The molecule has 0 spiro atoms. The minimum Gasteiger partial charge on any atom is -0.340 e. The number of halogens is 1. The van der Waals surface area contributed by atoms with E-state index < -0.39 is 0 Å². The molecule has 0 amide bonds. The Morgan fingerprint density at radius 1 is 1.12 bits per heavy atom. The molecule has 3 aromatic rings. The molecular formula is C20H19ClN4. The van der Waals surface area contributed by atoms with Crippen LogP contribution >= 0.6 is 11.6 Å². The standard InChI is InChI=1S/C20H19ClN4/c1-14-13-16(21)8-9-17(14)23-19-10-11-22-20(24-19)25-12-4-6-15-5-2-3-7-18(15)25/h2-3,5,7-11,13H,4,6,12H2,1H3,(H,22,23,24). The highest BCUT2D eigenvalue weighted by Crippen LogP contribution is 2.32. The zero-order valence-electron chi connectivity index (χ0n) is 14.0. The van der Waals surface area contributed by atoms with Gasteiger partial charge in [-0.05, 0) is 61.2 Å². The maximum absolute atomic E-state index is 6.03. The fourth-order valence-corrected chi connectivity index (χ4v) is 3.42. The van der Waals surface area contributed by atoms with Crippen LogP contribution in [-0.2, 0) is 6.42 Å². The van der Waals surface area contributed by atoms with E-state index in [0.717, 1.165) is 47.4 Å². The summed E-state index contributed by atoms with van der Waals surface area (Å²) in [6.45, 7) is 2.96. The maximum atomic E-state index is 6.03. The first-order valence-corrected chi connectivity index (χ1v) is 8.80. The second-order valence-corrected chi connectivity index (χ2v) is 6.65. The van der Waals surface area contributed by atoms with Gasteiger partial charge in [0.1, 0.15) is 5.82 Å². The molecule has 0 radical (unpaired) electrons. The first kappa shape index (κ1) is 15.9. The predicted octanol–water partition coefficient (Wildman–Crippen LogP) is 5.27. The summed E-state index contributed by atoms with van der Waals surface area (Å²) in [5, 5.41) is 4.10. The van der Waals surface area contributed by atoms with Crippen LogP contribution in [-0.4, -0.2) is 16.5 Å². The number of aryl methyl sites for hydroxylation is 2. The molecule has 4 nitrogen and oxygen atoms in total. The van der Waals surface area contributed by atoms with Crippen molar-refractivity contribution in [2.45, 2.75) is 19.8 Å². The molecule has 0 saturated carbocycles. The predicted molar refractivity (Wildman–Crippen MR) is 103 cm³/mol. The molecule has 0 bridgehead atoms. The smallest absolute Gasteiger partial charge is 0.231 e. The minimum absolute atomic E-state index is 0.726.